The Bertz CT molecular complexity index is 527. The third kappa shape index (κ3) is 1.30. The third-order valence-electron chi connectivity index (χ3n) is 2.94. The first-order valence-electron chi connectivity index (χ1n) is 4.96. The molecule has 1 aromatic rings. The Labute approximate surface area is 95.8 Å². The normalized spacial score (nSPS) is 22.7. The Balaban J connectivity index is 2.11. The Morgan fingerprint density at radius 1 is 1.50 bits per heavy atom. The molecule has 2 aliphatic heterocycles. The Morgan fingerprint density at radius 2 is 2.31 bits per heavy atom. The first-order valence-corrected chi connectivity index (χ1v) is 5.33. The van der Waals surface area contributed by atoms with Gasteiger partial charge in [-0.1, -0.05) is 11.6 Å². The van der Waals surface area contributed by atoms with Gasteiger partial charge in [0.1, 0.15) is 11.0 Å². The molecule has 7 heteroatoms. The zero-order valence-electron chi connectivity index (χ0n) is 8.31. The minimum absolute atomic E-state index is 0.0370. The van der Waals surface area contributed by atoms with Crippen molar-refractivity contribution in [3.63, 3.8) is 0 Å². The minimum atomic E-state index is -0.357. The van der Waals surface area contributed by atoms with Gasteiger partial charge in [-0.2, -0.15) is 4.98 Å². The van der Waals surface area contributed by atoms with Crippen LogP contribution in [-0.2, 0) is 11.3 Å². The maximum atomic E-state index is 11.6. The van der Waals surface area contributed by atoms with Gasteiger partial charge in [0, 0.05) is 12.6 Å². The highest BCUT2D eigenvalue weighted by atomic mass is 35.5. The van der Waals surface area contributed by atoms with E-state index in [0.717, 1.165) is 0 Å². The van der Waals surface area contributed by atoms with Crippen molar-refractivity contribution < 1.29 is 4.79 Å². The van der Waals surface area contributed by atoms with Gasteiger partial charge >= 0.3 is 5.69 Å². The number of amides is 1. The molecule has 16 heavy (non-hydrogen) atoms. The molecule has 3 heterocycles. The van der Waals surface area contributed by atoms with Gasteiger partial charge in [0.15, 0.2) is 0 Å². The summed E-state index contributed by atoms with van der Waals surface area (Å²) in [5.41, 5.74) is -0.357. The maximum Gasteiger partial charge on any atom is 0.350 e. The van der Waals surface area contributed by atoms with Gasteiger partial charge in [0.05, 0.1) is 19.1 Å². The average Bonchev–Trinajstić information content (AvgIpc) is 2.57. The van der Waals surface area contributed by atoms with Crippen LogP contribution < -0.4 is 15.9 Å². The lowest BCUT2D eigenvalue weighted by Gasteiger charge is -2.30. The zero-order chi connectivity index (χ0) is 11.3. The quantitative estimate of drug-likeness (QED) is 0.604. The smallest absolute Gasteiger partial charge is 0.350 e. The van der Waals surface area contributed by atoms with Gasteiger partial charge < -0.3 is 10.2 Å². The molecular formula is C9H9ClN4O2. The van der Waals surface area contributed by atoms with E-state index in [4.69, 9.17) is 11.6 Å². The largest absolute Gasteiger partial charge is 0.352 e. The van der Waals surface area contributed by atoms with Gasteiger partial charge in [-0.25, -0.2) is 4.79 Å². The lowest BCUT2D eigenvalue weighted by Crippen LogP contribution is -2.52. The zero-order valence-corrected chi connectivity index (χ0v) is 9.07. The van der Waals surface area contributed by atoms with E-state index in [2.05, 4.69) is 10.3 Å². The topological polar surface area (TPSA) is 67.2 Å². The molecule has 0 saturated carbocycles. The fourth-order valence-corrected chi connectivity index (χ4v) is 2.37. The summed E-state index contributed by atoms with van der Waals surface area (Å²) < 4.78 is 1.55. The summed E-state index contributed by atoms with van der Waals surface area (Å²) in [6, 6.07) is 1.76. The molecule has 1 atom stereocenters. The molecule has 0 radical (unpaired) electrons. The molecule has 3 rings (SSSR count). The molecule has 1 amide bonds. The number of aromatic nitrogens is 2. The van der Waals surface area contributed by atoms with E-state index in [-0.39, 0.29) is 29.3 Å². The summed E-state index contributed by atoms with van der Waals surface area (Å²) in [6.45, 7) is 1.38. The summed E-state index contributed by atoms with van der Waals surface area (Å²) in [6.07, 6.45) is 0. The number of fused-ring (bicyclic) bond motifs is 3. The van der Waals surface area contributed by atoms with Crippen LogP contribution in [0.1, 0.15) is 0 Å². The van der Waals surface area contributed by atoms with Crippen LogP contribution in [0, 0.1) is 0 Å². The van der Waals surface area contributed by atoms with Crippen LogP contribution >= 0.6 is 11.6 Å². The van der Waals surface area contributed by atoms with Crippen molar-refractivity contribution in [2.45, 2.75) is 12.6 Å². The second-order valence-electron chi connectivity index (χ2n) is 3.92. The molecule has 0 bridgehead atoms. The van der Waals surface area contributed by atoms with Crippen LogP contribution in [0.15, 0.2) is 10.9 Å². The lowest BCUT2D eigenvalue weighted by atomic mass is 10.2. The molecule has 6 nitrogen and oxygen atoms in total. The van der Waals surface area contributed by atoms with Gasteiger partial charge in [-0.05, 0) is 0 Å². The van der Waals surface area contributed by atoms with E-state index in [1.807, 2.05) is 4.90 Å². The second-order valence-corrected chi connectivity index (χ2v) is 4.30. The van der Waals surface area contributed by atoms with Gasteiger partial charge in [0.2, 0.25) is 5.91 Å². The van der Waals surface area contributed by atoms with E-state index in [9.17, 15) is 9.59 Å². The highest BCUT2D eigenvalue weighted by Crippen LogP contribution is 2.26. The first-order chi connectivity index (χ1) is 7.65. The van der Waals surface area contributed by atoms with E-state index in [1.165, 1.54) is 0 Å². The van der Waals surface area contributed by atoms with Gasteiger partial charge in [0.25, 0.3) is 0 Å². The van der Waals surface area contributed by atoms with Crippen LogP contribution in [0.5, 0.6) is 0 Å². The molecule has 1 aromatic heterocycles. The Kier molecular flexibility index (Phi) is 1.94. The van der Waals surface area contributed by atoms with Crippen LogP contribution in [0.4, 0.5) is 5.82 Å². The summed E-state index contributed by atoms with van der Waals surface area (Å²) in [5.74, 6) is 0.648. The standard InChI is InChI=1S/C9H9ClN4O2/c10-6-1-8-13-4-7(15)11-2-5(13)3-14(8)9(16)12-6/h1,5H,2-4H2,(H,11,15). The van der Waals surface area contributed by atoms with E-state index < -0.39 is 0 Å². The van der Waals surface area contributed by atoms with Crippen LogP contribution in [-0.4, -0.2) is 34.6 Å². The number of nitrogens with zero attached hydrogens (tertiary/aromatic N) is 3. The Morgan fingerprint density at radius 3 is 3.12 bits per heavy atom. The van der Waals surface area contributed by atoms with Crippen LogP contribution in [0.2, 0.25) is 5.15 Å². The summed E-state index contributed by atoms with van der Waals surface area (Å²) in [7, 11) is 0. The Hall–Kier alpha value is -1.56. The van der Waals surface area contributed by atoms with E-state index >= 15 is 0 Å². The number of piperazine rings is 1. The number of hydrogen-bond acceptors (Lipinski definition) is 4. The molecule has 1 N–H and O–H groups in total. The predicted molar refractivity (Wildman–Crippen MR) is 57.7 cm³/mol. The second kappa shape index (κ2) is 3.21. The summed E-state index contributed by atoms with van der Waals surface area (Å²) in [5, 5.41) is 2.94. The highest BCUT2D eigenvalue weighted by molar-refractivity contribution is 6.29. The number of hydrogen-bond donors (Lipinski definition) is 1. The van der Waals surface area contributed by atoms with Crippen LogP contribution in [0.3, 0.4) is 0 Å². The van der Waals surface area contributed by atoms with Crippen molar-refractivity contribution in [1.29, 1.82) is 0 Å². The average molecular weight is 241 g/mol. The van der Waals surface area contributed by atoms with Gasteiger partial charge in [-0.3, -0.25) is 9.36 Å². The summed E-state index contributed by atoms with van der Waals surface area (Å²) >= 11 is 5.74. The number of anilines is 1. The van der Waals surface area contributed by atoms with Crippen molar-refractivity contribution in [3.8, 4) is 0 Å². The van der Waals surface area contributed by atoms with Crippen molar-refractivity contribution in [1.82, 2.24) is 14.9 Å². The third-order valence-corrected chi connectivity index (χ3v) is 3.13. The number of rotatable bonds is 0. The van der Waals surface area contributed by atoms with Crippen LogP contribution in [0.25, 0.3) is 0 Å². The minimum Gasteiger partial charge on any atom is -0.352 e. The van der Waals surface area contributed by atoms with Crippen molar-refractivity contribution in [3.05, 3.63) is 21.7 Å². The number of carbonyl (C=O) groups excluding carboxylic acids is 1. The molecule has 84 valence electrons. The molecule has 0 aromatic carbocycles. The molecule has 1 unspecified atom stereocenters. The molecule has 1 saturated heterocycles. The molecule has 2 aliphatic rings. The maximum absolute atomic E-state index is 11.6. The SMILES string of the molecule is O=C1CN2c3cc(Cl)nc(=O)n3CC2CN1. The monoisotopic (exact) mass is 240 g/mol. The van der Waals surface area contributed by atoms with Gasteiger partial charge in [-0.15, -0.1) is 0 Å². The summed E-state index contributed by atoms with van der Waals surface area (Å²) in [4.78, 5) is 28.4. The fourth-order valence-electron chi connectivity index (χ4n) is 2.20. The number of carbonyl (C=O) groups is 1. The first kappa shape index (κ1) is 9.65. The fraction of sp³-hybridized carbons (Fsp3) is 0.444. The van der Waals surface area contributed by atoms with Crippen molar-refractivity contribution in [2.75, 3.05) is 18.0 Å². The van der Waals surface area contributed by atoms with E-state index in [0.29, 0.717) is 18.9 Å². The molecule has 0 aliphatic carbocycles. The van der Waals surface area contributed by atoms with Crippen molar-refractivity contribution in [2.24, 2.45) is 0 Å². The predicted octanol–water partition coefficient (Wildman–Crippen LogP) is -0.785. The van der Waals surface area contributed by atoms with E-state index in [1.54, 1.807) is 10.6 Å². The lowest BCUT2D eigenvalue weighted by molar-refractivity contribution is -0.120. The number of nitrogens with one attached hydrogen (secondary N) is 1. The van der Waals surface area contributed by atoms with Crippen molar-refractivity contribution >= 4 is 23.3 Å². The molecule has 1 fully saturated rings. The molecular weight excluding hydrogens is 232 g/mol. The highest BCUT2D eigenvalue weighted by Gasteiger charge is 2.35. The molecule has 0 spiro atoms. The number of halogens is 1.